The van der Waals surface area contributed by atoms with Crippen molar-refractivity contribution in [3.05, 3.63) is 0 Å². The second kappa shape index (κ2) is 6.27. The van der Waals surface area contributed by atoms with Crippen LogP contribution in [0.2, 0.25) is 0 Å². The number of amides is 1. The molecule has 13 heavy (non-hydrogen) atoms. The SMILES string of the molecule is CSCCCNC1CCCNC1=O. The summed E-state index contributed by atoms with van der Waals surface area (Å²) in [6.45, 7) is 1.81. The molecule has 2 N–H and O–H groups in total. The van der Waals surface area contributed by atoms with Crippen molar-refractivity contribution in [1.82, 2.24) is 10.6 Å². The second-order valence-corrected chi connectivity index (χ2v) is 4.27. The summed E-state index contributed by atoms with van der Waals surface area (Å²) >= 11 is 1.85. The summed E-state index contributed by atoms with van der Waals surface area (Å²) in [5, 5.41) is 6.15. The van der Waals surface area contributed by atoms with Crippen LogP contribution in [0.4, 0.5) is 0 Å². The Hall–Kier alpha value is -0.220. The van der Waals surface area contributed by atoms with Crippen LogP contribution in [0.25, 0.3) is 0 Å². The molecular formula is C9H18N2OS. The fraction of sp³-hybridized carbons (Fsp3) is 0.889. The van der Waals surface area contributed by atoms with Crippen LogP contribution >= 0.6 is 11.8 Å². The zero-order chi connectivity index (χ0) is 9.52. The van der Waals surface area contributed by atoms with Gasteiger partial charge in [-0.1, -0.05) is 0 Å². The molecule has 0 aromatic carbocycles. The van der Waals surface area contributed by atoms with Gasteiger partial charge >= 0.3 is 0 Å². The van der Waals surface area contributed by atoms with Crippen LogP contribution in [-0.2, 0) is 4.79 Å². The third-order valence-corrected chi connectivity index (χ3v) is 2.90. The van der Waals surface area contributed by atoms with E-state index in [0.29, 0.717) is 0 Å². The maximum absolute atomic E-state index is 11.3. The summed E-state index contributed by atoms with van der Waals surface area (Å²) in [5.41, 5.74) is 0. The van der Waals surface area contributed by atoms with E-state index in [1.807, 2.05) is 11.8 Å². The average molecular weight is 202 g/mol. The predicted octanol–water partition coefficient (Wildman–Crippen LogP) is 0.608. The molecule has 1 rings (SSSR count). The molecule has 1 heterocycles. The van der Waals surface area contributed by atoms with Gasteiger partial charge in [0.1, 0.15) is 0 Å². The molecule has 1 fully saturated rings. The Bertz CT molecular complexity index is 164. The lowest BCUT2D eigenvalue weighted by atomic mass is 10.1. The quantitative estimate of drug-likeness (QED) is 0.642. The van der Waals surface area contributed by atoms with Crippen molar-refractivity contribution in [2.45, 2.75) is 25.3 Å². The van der Waals surface area contributed by atoms with Crippen LogP contribution in [-0.4, -0.2) is 37.0 Å². The van der Waals surface area contributed by atoms with E-state index in [1.165, 1.54) is 5.75 Å². The molecule has 0 radical (unpaired) electrons. The molecule has 0 spiro atoms. The van der Waals surface area contributed by atoms with Gasteiger partial charge in [0.25, 0.3) is 0 Å². The number of thioether (sulfide) groups is 1. The van der Waals surface area contributed by atoms with Crippen LogP contribution in [0, 0.1) is 0 Å². The minimum absolute atomic E-state index is 0.0654. The number of hydrogen-bond acceptors (Lipinski definition) is 3. The van der Waals surface area contributed by atoms with Crippen molar-refractivity contribution in [2.24, 2.45) is 0 Å². The topological polar surface area (TPSA) is 41.1 Å². The Morgan fingerprint density at radius 3 is 3.23 bits per heavy atom. The van der Waals surface area contributed by atoms with Crippen molar-refractivity contribution in [3.8, 4) is 0 Å². The van der Waals surface area contributed by atoms with Crippen LogP contribution in [0.3, 0.4) is 0 Å². The third-order valence-electron chi connectivity index (χ3n) is 2.20. The largest absolute Gasteiger partial charge is 0.355 e. The van der Waals surface area contributed by atoms with Gasteiger partial charge in [0, 0.05) is 6.54 Å². The summed E-state index contributed by atoms with van der Waals surface area (Å²) in [4.78, 5) is 11.3. The Morgan fingerprint density at radius 1 is 1.69 bits per heavy atom. The van der Waals surface area contributed by atoms with Crippen LogP contribution in [0.5, 0.6) is 0 Å². The highest BCUT2D eigenvalue weighted by molar-refractivity contribution is 7.98. The van der Waals surface area contributed by atoms with E-state index in [2.05, 4.69) is 16.9 Å². The average Bonchev–Trinajstić information content (AvgIpc) is 2.15. The first kappa shape index (κ1) is 10.9. The van der Waals surface area contributed by atoms with Crippen molar-refractivity contribution >= 4 is 17.7 Å². The molecule has 0 bridgehead atoms. The van der Waals surface area contributed by atoms with Crippen molar-refractivity contribution in [2.75, 3.05) is 25.1 Å². The van der Waals surface area contributed by atoms with Crippen LogP contribution in [0.15, 0.2) is 0 Å². The van der Waals surface area contributed by atoms with Gasteiger partial charge in [-0.25, -0.2) is 0 Å². The van der Waals surface area contributed by atoms with E-state index in [4.69, 9.17) is 0 Å². The Kier molecular flexibility index (Phi) is 5.23. The lowest BCUT2D eigenvalue weighted by Crippen LogP contribution is -2.48. The molecule has 0 aliphatic carbocycles. The first-order valence-electron chi connectivity index (χ1n) is 4.84. The molecule has 76 valence electrons. The lowest BCUT2D eigenvalue weighted by molar-refractivity contribution is -0.124. The van der Waals surface area contributed by atoms with E-state index in [1.54, 1.807) is 0 Å². The van der Waals surface area contributed by atoms with Crippen molar-refractivity contribution in [1.29, 1.82) is 0 Å². The highest BCUT2D eigenvalue weighted by atomic mass is 32.2. The standard InChI is InChI=1S/C9H18N2OS/c1-13-7-3-6-10-8-4-2-5-11-9(8)12/h8,10H,2-7H2,1H3,(H,11,12). The van der Waals surface area contributed by atoms with Gasteiger partial charge in [0.2, 0.25) is 5.91 Å². The molecule has 1 saturated heterocycles. The van der Waals surface area contributed by atoms with Crippen molar-refractivity contribution < 1.29 is 4.79 Å². The molecule has 1 unspecified atom stereocenters. The molecule has 4 heteroatoms. The summed E-state index contributed by atoms with van der Waals surface area (Å²) in [5.74, 6) is 1.34. The van der Waals surface area contributed by atoms with E-state index in [9.17, 15) is 4.79 Å². The number of carbonyl (C=O) groups is 1. The molecule has 0 aromatic heterocycles. The van der Waals surface area contributed by atoms with Gasteiger partial charge in [0.05, 0.1) is 6.04 Å². The first-order valence-corrected chi connectivity index (χ1v) is 6.24. The van der Waals surface area contributed by atoms with Crippen LogP contribution < -0.4 is 10.6 Å². The summed E-state index contributed by atoms with van der Waals surface area (Å²) in [6.07, 6.45) is 5.34. The van der Waals surface area contributed by atoms with Crippen LogP contribution in [0.1, 0.15) is 19.3 Å². The van der Waals surface area contributed by atoms with Gasteiger partial charge in [-0.15, -0.1) is 0 Å². The predicted molar refractivity (Wildman–Crippen MR) is 57.0 cm³/mol. The zero-order valence-electron chi connectivity index (χ0n) is 8.14. The molecule has 1 aliphatic heterocycles. The number of hydrogen-bond donors (Lipinski definition) is 2. The smallest absolute Gasteiger partial charge is 0.237 e. The van der Waals surface area contributed by atoms with E-state index >= 15 is 0 Å². The van der Waals surface area contributed by atoms with Gasteiger partial charge in [-0.3, -0.25) is 4.79 Å². The van der Waals surface area contributed by atoms with Gasteiger partial charge in [0.15, 0.2) is 0 Å². The molecule has 1 amide bonds. The number of piperidine rings is 1. The lowest BCUT2D eigenvalue weighted by Gasteiger charge is -2.22. The minimum atomic E-state index is 0.0654. The number of carbonyl (C=O) groups excluding carboxylic acids is 1. The van der Waals surface area contributed by atoms with Gasteiger partial charge in [-0.2, -0.15) is 11.8 Å². The number of rotatable bonds is 5. The Labute approximate surface area is 84.0 Å². The highest BCUT2D eigenvalue weighted by Crippen LogP contribution is 2.03. The zero-order valence-corrected chi connectivity index (χ0v) is 8.95. The second-order valence-electron chi connectivity index (χ2n) is 3.29. The minimum Gasteiger partial charge on any atom is -0.355 e. The molecule has 0 aromatic rings. The molecule has 3 nitrogen and oxygen atoms in total. The Morgan fingerprint density at radius 2 is 2.54 bits per heavy atom. The number of nitrogens with one attached hydrogen (secondary N) is 2. The van der Waals surface area contributed by atoms with Crippen molar-refractivity contribution in [3.63, 3.8) is 0 Å². The molecule has 1 atom stereocenters. The van der Waals surface area contributed by atoms with Gasteiger partial charge < -0.3 is 10.6 Å². The third kappa shape index (κ3) is 4.00. The maximum atomic E-state index is 11.3. The Balaban J connectivity index is 2.08. The van der Waals surface area contributed by atoms with E-state index in [0.717, 1.165) is 32.4 Å². The summed E-state index contributed by atoms with van der Waals surface area (Å²) < 4.78 is 0. The molecule has 1 aliphatic rings. The van der Waals surface area contributed by atoms with Gasteiger partial charge in [-0.05, 0) is 37.8 Å². The normalized spacial score (nSPS) is 22.8. The van der Waals surface area contributed by atoms with E-state index in [-0.39, 0.29) is 11.9 Å². The molecular weight excluding hydrogens is 184 g/mol. The molecule has 0 saturated carbocycles. The fourth-order valence-electron chi connectivity index (χ4n) is 1.46. The first-order chi connectivity index (χ1) is 6.34. The maximum Gasteiger partial charge on any atom is 0.237 e. The van der Waals surface area contributed by atoms with E-state index < -0.39 is 0 Å². The fourth-order valence-corrected chi connectivity index (χ4v) is 1.89. The summed E-state index contributed by atoms with van der Waals surface area (Å²) in [7, 11) is 0. The highest BCUT2D eigenvalue weighted by Gasteiger charge is 2.20. The monoisotopic (exact) mass is 202 g/mol. The summed E-state index contributed by atoms with van der Waals surface area (Å²) in [6, 6.07) is 0.0654.